The summed E-state index contributed by atoms with van der Waals surface area (Å²) in [6, 6.07) is 15.8. The molecule has 2 aromatic carbocycles. The molecule has 2 aromatic rings. The maximum atomic E-state index is 4.73. The van der Waals surface area contributed by atoms with E-state index in [0.717, 1.165) is 13.1 Å². The first kappa shape index (κ1) is 12.4. The van der Waals surface area contributed by atoms with E-state index >= 15 is 0 Å². The van der Waals surface area contributed by atoms with Crippen LogP contribution in [-0.4, -0.2) is 13.1 Å². The minimum absolute atomic E-state index is 0.560. The molecule has 1 nitrogen and oxygen atoms in total. The number of benzene rings is 2. The maximum absolute atomic E-state index is 4.73. The molecule has 1 heteroatoms. The Morgan fingerprint density at radius 3 is 2.55 bits per heavy atom. The topological polar surface area (TPSA) is 14.1 Å². The third-order valence-electron chi connectivity index (χ3n) is 5.59. The predicted octanol–water partition coefficient (Wildman–Crippen LogP) is 4.49. The van der Waals surface area contributed by atoms with Crippen molar-refractivity contribution >= 4 is 10.8 Å². The molecule has 2 fully saturated rings. The van der Waals surface area contributed by atoms with Crippen LogP contribution in [0.25, 0.3) is 10.8 Å². The van der Waals surface area contributed by atoms with Gasteiger partial charge in [-0.25, -0.2) is 5.32 Å². The van der Waals surface area contributed by atoms with Crippen LogP contribution in [0, 0.1) is 5.41 Å². The van der Waals surface area contributed by atoms with Gasteiger partial charge in [0.15, 0.2) is 0 Å². The molecule has 4 rings (SSSR count). The SMILES string of the molecule is c1ccc2cc(C3C[N]CCC34CCCC4)ccc2c1. The number of hydrogen-bond acceptors (Lipinski definition) is 0. The van der Waals surface area contributed by atoms with Crippen LogP contribution in [0.5, 0.6) is 0 Å². The Bertz CT molecular complexity index is 610. The molecular formula is C19H22N. The van der Waals surface area contributed by atoms with Crippen LogP contribution < -0.4 is 5.32 Å². The third kappa shape index (κ3) is 1.96. The highest BCUT2D eigenvalue weighted by molar-refractivity contribution is 5.83. The van der Waals surface area contributed by atoms with Gasteiger partial charge < -0.3 is 0 Å². The first-order valence-electron chi connectivity index (χ1n) is 7.99. The lowest BCUT2D eigenvalue weighted by molar-refractivity contribution is 0.168. The number of fused-ring (bicyclic) bond motifs is 1. The van der Waals surface area contributed by atoms with Crippen molar-refractivity contribution in [1.29, 1.82) is 0 Å². The molecule has 1 radical (unpaired) electrons. The van der Waals surface area contributed by atoms with Crippen LogP contribution in [0.1, 0.15) is 43.6 Å². The second-order valence-electron chi connectivity index (χ2n) is 6.61. The molecule has 0 N–H and O–H groups in total. The first-order valence-corrected chi connectivity index (χ1v) is 7.99. The Balaban J connectivity index is 1.76. The summed E-state index contributed by atoms with van der Waals surface area (Å²) >= 11 is 0. The number of nitrogens with zero attached hydrogens (tertiary/aromatic N) is 1. The summed E-state index contributed by atoms with van der Waals surface area (Å²) in [7, 11) is 0. The van der Waals surface area contributed by atoms with Crippen LogP contribution in [-0.2, 0) is 0 Å². The van der Waals surface area contributed by atoms with Crippen LogP contribution in [0.3, 0.4) is 0 Å². The molecule has 0 amide bonds. The summed E-state index contributed by atoms with van der Waals surface area (Å²) in [5, 5.41) is 7.46. The van der Waals surface area contributed by atoms with Gasteiger partial charge in [-0.2, -0.15) is 0 Å². The van der Waals surface area contributed by atoms with Gasteiger partial charge in [0.1, 0.15) is 0 Å². The predicted molar refractivity (Wildman–Crippen MR) is 84.1 cm³/mol. The normalized spacial score (nSPS) is 25.3. The van der Waals surface area contributed by atoms with Crippen LogP contribution >= 0.6 is 0 Å². The van der Waals surface area contributed by atoms with Crippen molar-refractivity contribution in [3.8, 4) is 0 Å². The van der Waals surface area contributed by atoms with E-state index in [1.807, 2.05) is 0 Å². The summed E-state index contributed by atoms with van der Waals surface area (Å²) in [4.78, 5) is 0. The molecule has 1 aliphatic carbocycles. The van der Waals surface area contributed by atoms with Gasteiger partial charge in [0, 0.05) is 19.0 Å². The average molecular weight is 264 g/mol. The molecule has 20 heavy (non-hydrogen) atoms. The van der Waals surface area contributed by atoms with Gasteiger partial charge >= 0.3 is 0 Å². The molecule has 103 valence electrons. The minimum atomic E-state index is 0.560. The number of piperidine rings is 1. The van der Waals surface area contributed by atoms with Gasteiger partial charge in [0.05, 0.1) is 0 Å². The van der Waals surface area contributed by atoms with Gasteiger partial charge in [-0.15, -0.1) is 0 Å². The molecule has 1 aliphatic heterocycles. The number of hydrogen-bond donors (Lipinski definition) is 0. The molecule has 2 aliphatic rings. The van der Waals surface area contributed by atoms with Crippen LogP contribution in [0.15, 0.2) is 42.5 Å². The Labute approximate surface area is 121 Å². The van der Waals surface area contributed by atoms with Gasteiger partial charge in [-0.05, 0) is 41.0 Å². The van der Waals surface area contributed by atoms with Crippen LogP contribution in [0.4, 0.5) is 0 Å². The van der Waals surface area contributed by atoms with E-state index in [4.69, 9.17) is 5.32 Å². The fourth-order valence-electron chi connectivity index (χ4n) is 4.45. The number of rotatable bonds is 1. The highest BCUT2D eigenvalue weighted by Crippen LogP contribution is 2.52. The molecule has 0 aromatic heterocycles. The lowest BCUT2D eigenvalue weighted by atomic mass is 9.66. The van der Waals surface area contributed by atoms with Gasteiger partial charge in [0.2, 0.25) is 0 Å². The molecule has 1 saturated heterocycles. The molecular weight excluding hydrogens is 242 g/mol. The summed E-state index contributed by atoms with van der Waals surface area (Å²) in [5.41, 5.74) is 2.08. The Morgan fingerprint density at radius 1 is 0.900 bits per heavy atom. The molecule has 1 unspecified atom stereocenters. The van der Waals surface area contributed by atoms with Gasteiger partial charge in [0.25, 0.3) is 0 Å². The van der Waals surface area contributed by atoms with Crippen molar-refractivity contribution in [2.75, 3.05) is 13.1 Å². The van der Waals surface area contributed by atoms with E-state index in [-0.39, 0.29) is 0 Å². The minimum Gasteiger partial charge on any atom is -0.241 e. The zero-order valence-electron chi connectivity index (χ0n) is 12.0. The van der Waals surface area contributed by atoms with E-state index < -0.39 is 0 Å². The molecule has 1 saturated carbocycles. The zero-order valence-corrected chi connectivity index (χ0v) is 12.0. The van der Waals surface area contributed by atoms with Crippen molar-refractivity contribution in [3.05, 3.63) is 48.0 Å². The average Bonchev–Trinajstić information content (AvgIpc) is 2.96. The van der Waals surface area contributed by atoms with E-state index in [1.54, 1.807) is 0 Å². The van der Waals surface area contributed by atoms with Crippen molar-refractivity contribution in [1.82, 2.24) is 5.32 Å². The van der Waals surface area contributed by atoms with Gasteiger partial charge in [-0.1, -0.05) is 55.3 Å². The van der Waals surface area contributed by atoms with Crippen molar-refractivity contribution in [2.45, 2.75) is 38.0 Å². The molecule has 0 bridgehead atoms. The Morgan fingerprint density at radius 2 is 1.70 bits per heavy atom. The summed E-state index contributed by atoms with van der Waals surface area (Å²) in [6.45, 7) is 2.13. The van der Waals surface area contributed by atoms with Crippen molar-refractivity contribution in [2.24, 2.45) is 5.41 Å². The Kier molecular flexibility index (Phi) is 3.03. The van der Waals surface area contributed by atoms with Gasteiger partial charge in [-0.3, -0.25) is 0 Å². The lowest BCUT2D eigenvalue weighted by Crippen LogP contribution is -2.39. The van der Waals surface area contributed by atoms with Crippen LogP contribution in [0.2, 0.25) is 0 Å². The second kappa shape index (κ2) is 4.89. The fourth-order valence-corrected chi connectivity index (χ4v) is 4.45. The molecule has 1 spiro atoms. The zero-order chi connectivity index (χ0) is 13.4. The second-order valence-corrected chi connectivity index (χ2v) is 6.61. The first-order chi connectivity index (χ1) is 9.87. The summed E-state index contributed by atoms with van der Waals surface area (Å²) in [5.74, 6) is 0.656. The quantitative estimate of drug-likeness (QED) is 0.720. The highest BCUT2D eigenvalue weighted by Gasteiger charge is 2.43. The summed E-state index contributed by atoms with van der Waals surface area (Å²) in [6.07, 6.45) is 6.98. The highest BCUT2D eigenvalue weighted by atomic mass is 14.9. The van der Waals surface area contributed by atoms with E-state index in [9.17, 15) is 0 Å². The Hall–Kier alpha value is -1.34. The lowest BCUT2D eigenvalue weighted by Gasteiger charge is -2.41. The van der Waals surface area contributed by atoms with Crippen molar-refractivity contribution in [3.63, 3.8) is 0 Å². The van der Waals surface area contributed by atoms with E-state index in [0.29, 0.717) is 11.3 Å². The van der Waals surface area contributed by atoms with Crippen molar-refractivity contribution < 1.29 is 0 Å². The van der Waals surface area contributed by atoms with E-state index in [1.165, 1.54) is 48.4 Å². The molecule has 1 atom stereocenters. The largest absolute Gasteiger partial charge is 0.241 e. The standard InChI is InChI=1S/C19H22N/c1-2-6-16-13-17(8-7-15(16)5-1)18-14-20-12-11-19(18)9-3-4-10-19/h1-2,5-8,13,18H,3-4,9-12,14H2. The smallest absolute Gasteiger partial charge is 0.0207 e. The molecule has 1 heterocycles. The van der Waals surface area contributed by atoms with E-state index in [2.05, 4.69) is 42.5 Å². The third-order valence-corrected chi connectivity index (χ3v) is 5.59. The monoisotopic (exact) mass is 264 g/mol. The maximum Gasteiger partial charge on any atom is 0.0207 e. The fraction of sp³-hybridized carbons (Fsp3) is 0.474. The summed E-state index contributed by atoms with van der Waals surface area (Å²) < 4.78 is 0.